The van der Waals surface area contributed by atoms with E-state index in [1.807, 2.05) is 0 Å². The van der Waals surface area contributed by atoms with Gasteiger partial charge in [0.15, 0.2) is 11.6 Å². The van der Waals surface area contributed by atoms with Crippen LogP contribution in [0.2, 0.25) is 0 Å². The molecule has 0 saturated carbocycles. The van der Waals surface area contributed by atoms with Gasteiger partial charge in [-0.25, -0.2) is 8.78 Å². The Hall–Kier alpha value is -1.00. The molecule has 112 valence electrons. The van der Waals surface area contributed by atoms with Crippen molar-refractivity contribution in [1.29, 1.82) is 0 Å². The number of benzene rings is 1. The maximum absolute atomic E-state index is 13.7. The summed E-state index contributed by atoms with van der Waals surface area (Å²) in [6.45, 7) is 7.50. The fourth-order valence-electron chi connectivity index (χ4n) is 3.26. The third kappa shape index (κ3) is 3.76. The molecular formula is C16H24F2N2. The number of likely N-dealkylation sites (tertiary alicyclic amines) is 1. The standard InChI is InChI=1S/C16H24F2N2/c1-11-8-12(2)10-20(9-11)7-6-15(19)13-4-3-5-14(17)16(13)18/h3-5,11-12,15H,6-10,19H2,1-2H3. The highest BCUT2D eigenvalue weighted by Crippen LogP contribution is 2.24. The maximum atomic E-state index is 13.7. The fourth-order valence-corrected chi connectivity index (χ4v) is 3.26. The molecule has 0 spiro atoms. The summed E-state index contributed by atoms with van der Waals surface area (Å²) in [4.78, 5) is 2.38. The predicted octanol–water partition coefficient (Wildman–Crippen LogP) is 3.33. The molecule has 1 fully saturated rings. The quantitative estimate of drug-likeness (QED) is 0.918. The number of hydrogen-bond donors (Lipinski definition) is 1. The zero-order valence-electron chi connectivity index (χ0n) is 12.3. The summed E-state index contributed by atoms with van der Waals surface area (Å²) in [6, 6.07) is 3.76. The largest absolute Gasteiger partial charge is 0.324 e. The van der Waals surface area contributed by atoms with Crippen molar-refractivity contribution in [1.82, 2.24) is 4.90 Å². The number of piperidine rings is 1. The molecule has 0 radical (unpaired) electrons. The van der Waals surface area contributed by atoms with E-state index in [2.05, 4.69) is 18.7 Å². The van der Waals surface area contributed by atoms with Gasteiger partial charge in [-0.05, 0) is 37.3 Å². The van der Waals surface area contributed by atoms with Crippen molar-refractivity contribution >= 4 is 0 Å². The van der Waals surface area contributed by atoms with Crippen LogP contribution in [0.15, 0.2) is 18.2 Å². The Balaban J connectivity index is 1.91. The van der Waals surface area contributed by atoms with Crippen LogP contribution in [-0.4, -0.2) is 24.5 Å². The first-order valence-electron chi connectivity index (χ1n) is 7.39. The van der Waals surface area contributed by atoms with Crippen LogP contribution >= 0.6 is 0 Å². The van der Waals surface area contributed by atoms with E-state index in [0.29, 0.717) is 18.3 Å². The number of hydrogen-bond acceptors (Lipinski definition) is 2. The molecule has 1 aliphatic heterocycles. The third-order valence-corrected chi connectivity index (χ3v) is 4.08. The van der Waals surface area contributed by atoms with E-state index in [0.717, 1.165) is 25.7 Å². The van der Waals surface area contributed by atoms with E-state index in [1.165, 1.54) is 12.5 Å². The van der Waals surface area contributed by atoms with Gasteiger partial charge in [-0.1, -0.05) is 26.0 Å². The Morgan fingerprint density at radius 2 is 1.90 bits per heavy atom. The molecule has 3 atom stereocenters. The van der Waals surface area contributed by atoms with Crippen LogP contribution in [0.1, 0.15) is 38.3 Å². The molecule has 1 aromatic rings. The third-order valence-electron chi connectivity index (χ3n) is 4.08. The lowest BCUT2D eigenvalue weighted by atomic mass is 9.91. The minimum absolute atomic E-state index is 0.281. The Kier molecular flexibility index (Phi) is 5.11. The van der Waals surface area contributed by atoms with E-state index in [1.54, 1.807) is 6.07 Å². The summed E-state index contributed by atoms with van der Waals surface area (Å²) in [6.07, 6.45) is 1.92. The molecule has 2 rings (SSSR count). The van der Waals surface area contributed by atoms with E-state index >= 15 is 0 Å². The fraction of sp³-hybridized carbons (Fsp3) is 0.625. The Bertz CT molecular complexity index is 440. The minimum atomic E-state index is -0.821. The molecule has 20 heavy (non-hydrogen) atoms. The highest BCUT2D eigenvalue weighted by molar-refractivity contribution is 5.22. The molecule has 1 heterocycles. The van der Waals surface area contributed by atoms with Gasteiger partial charge < -0.3 is 10.6 Å². The SMILES string of the molecule is CC1CC(C)CN(CCC(N)c2cccc(F)c2F)C1. The summed E-state index contributed by atoms with van der Waals surface area (Å²) >= 11 is 0. The highest BCUT2D eigenvalue weighted by Gasteiger charge is 2.22. The molecule has 0 aliphatic carbocycles. The van der Waals surface area contributed by atoms with Crippen molar-refractivity contribution in [3.8, 4) is 0 Å². The molecule has 2 N–H and O–H groups in total. The van der Waals surface area contributed by atoms with E-state index < -0.39 is 17.7 Å². The molecule has 0 bridgehead atoms. The zero-order valence-corrected chi connectivity index (χ0v) is 12.3. The second-order valence-corrected chi connectivity index (χ2v) is 6.24. The van der Waals surface area contributed by atoms with E-state index in [9.17, 15) is 8.78 Å². The molecule has 3 unspecified atom stereocenters. The van der Waals surface area contributed by atoms with Crippen molar-refractivity contribution in [2.75, 3.05) is 19.6 Å². The molecule has 0 amide bonds. The van der Waals surface area contributed by atoms with Crippen LogP contribution in [0, 0.1) is 23.5 Å². The van der Waals surface area contributed by atoms with Gasteiger partial charge in [-0.15, -0.1) is 0 Å². The van der Waals surface area contributed by atoms with Gasteiger partial charge in [-0.3, -0.25) is 0 Å². The van der Waals surface area contributed by atoms with Crippen molar-refractivity contribution in [2.45, 2.75) is 32.7 Å². The average molecular weight is 282 g/mol. The second kappa shape index (κ2) is 6.64. The summed E-state index contributed by atoms with van der Waals surface area (Å²) < 4.78 is 26.9. The average Bonchev–Trinajstić information content (AvgIpc) is 2.38. The van der Waals surface area contributed by atoms with Crippen LogP contribution in [0.3, 0.4) is 0 Å². The van der Waals surface area contributed by atoms with Gasteiger partial charge >= 0.3 is 0 Å². The normalized spacial score (nSPS) is 25.6. The lowest BCUT2D eigenvalue weighted by Gasteiger charge is -2.35. The van der Waals surface area contributed by atoms with Crippen molar-refractivity contribution in [3.63, 3.8) is 0 Å². The molecule has 1 aliphatic rings. The smallest absolute Gasteiger partial charge is 0.163 e. The van der Waals surface area contributed by atoms with Gasteiger partial charge in [-0.2, -0.15) is 0 Å². The molecule has 2 nitrogen and oxygen atoms in total. The zero-order chi connectivity index (χ0) is 14.7. The van der Waals surface area contributed by atoms with Crippen LogP contribution < -0.4 is 5.73 Å². The summed E-state index contributed by atoms with van der Waals surface area (Å²) in [7, 11) is 0. The lowest BCUT2D eigenvalue weighted by molar-refractivity contribution is 0.137. The second-order valence-electron chi connectivity index (χ2n) is 6.24. The topological polar surface area (TPSA) is 29.3 Å². The number of nitrogens with two attached hydrogens (primary N) is 1. The van der Waals surface area contributed by atoms with E-state index in [-0.39, 0.29) is 5.56 Å². The maximum Gasteiger partial charge on any atom is 0.163 e. The van der Waals surface area contributed by atoms with Crippen LogP contribution in [-0.2, 0) is 0 Å². The first-order chi connectivity index (χ1) is 9.47. The molecular weight excluding hydrogens is 258 g/mol. The summed E-state index contributed by atoms with van der Waals surface area (Å²) in [5.41, 5.74) is 6.30. The minimum Gasteiger partial charge on any atom is -0.324 e. The number of nitrogens with zero attached hydrogens (tertiary/aromatic N) is 1. The Morgan fingerprint density at radius 1 is 1.25 bits per heavy atom. The molecule has 1 aromatic carbocycles. The van der Waals surface area contributed by atoms with Crippen LogP contribution in [0.4, 0.5) is 8.78 Å². The first kappa shape index (κ1) is 15.4. The van der Waals surface area contributed by atoms with Gasteiger partial charge in [0.05, 0.1) is 0 Å². The van der Waals surface area contributed by atoms with E-state index in [4.69, 9.17) is 5.73 Å². The monoisotopic (exact) mass is 282 g/mol. The predicted molar refractivity (Wildman–Crippen MR) is 77.3 cm³/mol. The first-order valence-corrected chi connectivity index (χ1v) is 7.39. The van der Waals surface area contributed by atoms with Gasteiger partial charge in [0.2, 0.25) is 0 Å². The Morgan fingerprint density at radius 3 is 2.55 bits per heavy atom. The van der Waals surface area contributed by atoms with Crippen molar-refractivity contribution in [3.05, 3.63) is 35.4 Å². The molecule has 0 aromatic heterocycles. The van der Waals surface area contributed by atoms with Gasteiger partial charge in [0, 0.05) is 24.7 Å². The molecule has 4 heteroatoms. The number of rotatable bonds is 4. The van der Waals surface area contributed by atoms with Crippen molar-refractivity contribution < 1.29 is 8.78 Å². The Labute approximate surface area is 120 Å². The van der Waals surface area contributed by atoms with Crippen molar-refractivity contribution in [2.24, 2.45) is 17.6 Å². The highest BCUT2D eigenvalue weighted by atomic mass is 19.2. The van der Waals surface area contributed by atoms with Gasteiger partial charge in [0.25, 0.3) is 0 Å². The number of halogens is 2. The summed E-state index contributed by atoms with van der Waals surface area (Å²) in [5.74, 6) is -0.236. The van der Waals surface area contributed by atoms with Crippen LogP contribution in [0.25, 0.3) is 0 Å². The lowest BCUT2D eigenvalue weighted by Crippen LogP contribution is -2.40. The van der Waals surface area contributed by atoms with Crippen LogP contribution in [0.5, 0.6) is 0 Å². The summed E-state index contributed by atoms with van der Waals surface area (Å²) in [5, 5.41) is 0. The van der Waals surface area contributed by atoms with Gasteiger partial charge in [0.1, 0.15) is 0 Å². The molecule has 1 saturated heterocycles.